The van der Waals surface area contributed by atoms with E-state index in [-0.39, 0.29) is 0 Å². The molecule has 3 nitrogen and oxygen atoms in total. The van der Waals surface area contributed by atoms with Gasteiger partial charge in [0.15, 0.2) is 0 Å². The van der Waals surface area contributed by atoms with Gasteiger partial charge < -0.3 is 10.8 Å². The molecular formula is C16H19NO2. The van der Waals surface area contributed by atoms with E-state index < -0.39 is 5.97 Å². The molecule has 2 rings (SSSR count). The van der Waals surface area contributed by atoms with E-state index in [0.29, 0.717) is 6.42 Å². The standard InChI is InChI=1S/C12H11N.C4H8O2/c13-12-9-5-4-8-11(12)10-6-2-1-3-7-10;1-2-3-4(5)6/h1-9H,13H2;2-3H2,1H3,(H,5,6). The molecule has 3 heteroatoms. The predicted molar refractivity (Wildman–Crippen MR) is 78.8 cm³/mol. The molecule has 0 aliphatic heterocycles. The van der Waals surface area contributed by atoms with E-state index in [9.17, 15) is 4.79 Å². The number of carbonyl (C=O) groups is 1. The summed E-state index contributed by atoms with van der Waals surface area (Å²) in [6, 6.07) is 18.1. The van der Waals surface area contributed by atoms with E-state index in [1.807, 2.05) is 49.4 Å². The third kappa shape index (κ3) is 5.25. The Bertz CT molecular complexity index is 509. The van der Waals surface area contributed by atoms with Crippen molar-refractivity contribution in [3.8, 4) is 11.1 Å². The Hall–Kier alpha value is -2.29. The second kappa shape index (κ2) is 7.93. The van der Waals surface area contributed by atoms with Crippen LogP contribution in [0.2, 0.25) is 0 Å². The van der Waals surface area contributed by atoms with Crippen molar-refractivity contribution in [2.75, 3.05) is 5.73 Å². The summed E-state index contributed by atoms with van der Waals surface area (Å²) in [5.41, 5.74) is 8.95. The molecule has 0 spiro atoms. The van der Waals surface area contributed by atoms with Gasteiger partial charge >= 0.3 is 5.97 Å². The van der Waals surface area contributed by atoms with Crippen LogP contribution in [0, 0.1) is 0 Å². The fourth-order valence-corrected chi connectivity index (χ4v) is 1.59. The summed E-state index contributed by atoms with van der Waals surface area (Å²) >= 11 is 0. The normalized spacial score (nSPS) is 9.32. The summed E-state index contributed by atoms with van der Waals surface area (Å²) in [6.45, 7) is 1.84. The van der Waals surface area contributed by atoms with Gasteiger partial charge in [-0.05, 0) is 18.1 Å². The van der Waals surface area contributed by atoms with Gasteiger partial charge in [-0.1, -0.05) is 55.5 Å². The second-order valence-electron chi connectivity index (χ2n) is 4.10. The van der Waals surface area contributed by atoms with Crippen LogP contribution in [0.1, 0.15) is 19.8 Å². The molecule has 100 valence electrons. The Morgan fingerprint density at radius 3 is 2.11 bits per heavy atom. The van der Waals surface area contributed by atoms with Crippen LogP contribution in [0.25, 0.3) is 11.1 Å². The van der Waals surface area contributed by atoms with Crippen molar-refractivity contribution in [2.45, 2.75) is 19.8 Å². The van der Waals surface area contributed by atoms with Crippen molar-refractivity contribution < 1.29 is 9.90 Å². The molecule has 0 aromatic heterocycles. The number of benzene rings is 2. The lowest BCUT2D eigenvalue weighted by Crippen LogP contribution is -1.90. The number of aliphatic carboxylic acids is 1. The molecule has 0 radical (unpaired) electrons. The van der Waals surface area contributed by atoms with Crippen molar-refractivity contribution in [3.63, 3.8) is 0 Å². The maximum absolute atomic E-state index is 9.60. The van der Waals surface area contributed by atoms with Gasteiger partial charge in [0.25, 0.3) is 0 Å². The smallest absolute Gasteiger partial charge is 0.303 e. The molecule has 0 saturated carbocycles. The summed E-state index contributed by atoms with van der Waals surface area (Å²) in [4.78, 5) is 9.60. The maximum Gasteiger partial charge on any atom is 0.303 e. The zero-order valence-electron chi connectivity index (χ0n) is 11.0. The lowest BCUT2D eigenvalue weighted by Gasteiger charge is -2.03. The first kappa shape index (κ1) is 14.8. The lowest BCUT2D eigenvalue weighted by molar-refractivity contribution is -0.137. The number of hydrogen-bond donors (Lipinski definition) is 2. The van der Waals surface area contributed by atoms with Crippen LogP contribution in [0.5, 0.6) is 0 Å². The minimum atomic E-state index is -0.711. The van der Waals surface area contributed by atoms with Crippen LogP contribution < -0.4 is 5.73 Å². The van der Waals surface area contributed by atoms with E-state index in [2.05, 4.69) is 12.1 Å². The Balaban J connectivity index is 0.000000258. The van der Waals surface area contributed by atoms with Gasteiger partial charge in [-0.15, -0.1) is 0 Å². The molecule has 0 bridgehead atoms. The molecule has 0 fully saturated rings. The van der Waals surface area contributed by atoms with Crippen LogP contribution in [0.3, 0.4) is 0 Å². The molecule has 0 aliphatic carbocycles. The number of rotatable bonds is 3. The average molecular weight is 257 g/mol. The zero-order chi connectivity index (χ0) is 14.1. The molecule has 0 atom stereocenters. The molecule has 0 unspecified atom stereocenters. The average Bonchev–Trinajstić information content (AvgIpc) is 2.41. The molecule has 3 N–H and O–H groups in total. The van der Waals surface area contributed by atoms with E-state index in [1.54, 1.807) is 0 Å². The molecule has 0 amide bonds. The highest BCUT2D eigenvalue weighted by molar-refractivity contribution is 5.75. The van der Waals surface area contributed by atoms with Gasteiger partial charge in [0.2, 0.25) is 0 Å². The monoisotopic (exact) mass is 257 g/mol. The quantitative estimate of drug-likeness (QED) is 0.822. The first-order valence-corrected chi connectivity index (χ1v) is 6.27. The number of nitrogen functional groups attached to an aromatic ring is 1. The Kier molecular flexibility index (Phi) is 6.16. The number of carboxylic acids is 1. The number of carboxylic acid groups (broad SMARTS) is 1. The maximum atomic E-state index is 9.60. The highest BCUT2D eigenvalue weighted by Crippen LogP contribution is 2.24. The van der Waals surface area contributed by atoms with Crippen LogP contribution in [-0.2, 0) is 4.79 Å². The third-order valence-corrected chi connectivity index (χ3v) is 2.51. The molecule has 0 aliphatic rings. The van der Waals surface area contributed by atoms with E-state index in [1.165, 1.54) is 5.56 Å². The molecule has 19 heavy (non-hydrogen) atoms. The van der Waals surface area contributed by atoms with E-state index >= 15 is 0 Å². The lowest BCUT2D eigenvalue weighted by atomic mass is 10.0. The largest absolute Gasteiger partial charge is 0.481 e. The third-order valence-electron chi connectivity index (χ3n) is 2.51. The molecule has 2 aromatic carbocycles. The van der Waals surface area contributed by atoms with Gasteiger partial charge in [-0.25, -0.2) is 0 Å². The van der Waals surface area contributed by atoms with Crippen molar-refractivity contribution in [1.29, 1.82) is 0 Å². The fraction of sp³-hybridized carbons (Fsp3) is 0.188. The summed E-state index contributed by atoms with van der Waals surface area (Å²) in [5.74, 6) is -0.711. The van der Waals surface area contributed by atoms with Gasteiger partial charge in [0.05, 0.1) is 0 Å². The van der Waals surface area contributed by atoms with Crippen LogP contribution >= 0.6 is 0 Å². The van der Waals surface area contributed by atoms with Crippen molar-refractivity contribution >= 4 is 11.7 Å². The number of para-hydroxylation sites is 1. The van der Waals surface area contributed by atoms with E-state index in [0.717, 1.165) is 17.7 Å². The zero-order valence-corrected chi connectivity index (χ0v) is 11.0. The number of hydrogen-bond acceptors (Lipinski definition) is 2. The summed E-state index contributed by atoms with van der Waals surface area (Å²) < 4.78 is 0. The highest BCUT2D eigenvalue weighted by atomic mass is 16.4. The van der Waals surface area contributed by atoms with Gasteiger partial charge in [-0.3, -0.25) is 4.79 Å². The van der Waals surface area contributed by atoms with Gasteiger partial charge in [0, 0.05) is 17.7 Å². The first-order chi connectivity index (χ1) is 9.15. The van der Waals surface area contributed by atoms with Crippen molar-refractivity contribution in [2.24, 2.45) is 0 Å². The van der Waals surface area contributed by atoms with Crippen molar-refractivity contribution in [3.05, 3.63) is 54.6 Å². The molecule has 0 saturated heterocycles. The minimum absolute atomic E-state index is 0.292. The fourth-order valence-electron chi connectivity index (χ4n) is 1.59. The Morgan fingerprint density at radius 2 is 1.63 bits per heavy atom. The SMILES string of the molecule is CCCC(=O)O.Nc1ccccc1-c1ccccc1. The van der Waals surface area contributed by atoms with Gasteiger partial charge in [-0.2, -0.15) is 0 Å². The summed E-state index contributed by atoms with van der Waals surface area (Å²) in [5, 5.41) is 7.91. The highest BCUT2D eigenvalue weighted by Gasteiger charge is 1.98. The predicted octanol–water partition coefficient (Wildman–Crippen LogP) is 3.81. The Morgan fingerprint density at radius 1 is 1.05 bits per heavy atom. The summed E-state index contributed by atoms with van der Waals surface area (Å²) in [6.07, 6.45) is 1.02. The molecule has 2 aromatic rings. The van der Waals surface area contributed by atoms with Crippen LogP contribution in [0.4, 0.5) is 5.69 Å². The number of anilines is 1. The first-order valence-electron chi connectivity index (χ1n) is 6.27. The Labute approximate surface area is 113 Å². The van der Waals surface area contributed by atoms with Crippen LogP contribution in [-0.4, -0.2) is 11.1 Å². The van der Waals surface area contributed by atoms with Crippen LogP contribution in [0.15, 0.2) is 54.6 Å². The second-order valence-corrected chi connectivity index (χ2v) is 4.10. The van der Waals surface area contributed by atoms with E-state index in [4.69, 9.17) is 10.8 Å². The van der Waals surface area contributed by atoms with Crippen molar-refractivity contribution in [1.82, 2.24) is 0 Å². The molecular weight excluding hydrogens is 238 g/mol. The minimum Gasteiger partial charge on any atom is -0.481 e. The van der Waals surface area contributed by atoms with Gasteiger partial charge in [0.1, 0.15) is 0 Å². The summed E-state index contributed by atoms with van der Waals surface area (Å²) in [7, 11) is 0. The molecule has 0 heterocycles. The topological polar surface area (TPSA) is 63.3 Å². The number of nitrogens with two attached hydrogens (primary N) is 1.